The number of rotatable bonds is 6. The van der Waals surface area contributed by atoms with Crippen molar-refractivity contribution in [2.75, 3.05) is 20.9 Å². The summed E-state index contributed by atoms with van der Waals surface area (Å²) < 4.78 is 56.3. The van der Waals surface area contributed by atoms with Crippen LogP contribution in [0.15, 0.2) is 94.7 Å². The first-order chi connectivity index (χ1) is 18.5. The van der Waals surface area contributed by atoms with Gasteiger partial charge in [0.25, 0.3) is 20.0 Å². The number of fused-ring (bicyclic) bond motifs is 3. The highest BCUT2D eigenvalue weighted by Crippen LogP contribution is 2.43. The van der Waals surface area contributed by atoms with Crippen LogP contribution in [0.5, 0.6) is 0 Å². The average Bonchev–Trinajstić information content (AvgIpc) is 2.90. The molecule has 0 saturated carbocycles. The van der Waals surface area contributed by atoms with E-state index in [0.29, 0.717) is 33.2 Å². The second-order valence-corrected chi connectivity index (χ2v) is 13.0. The predicted molar refractivity (Wildman–Crippen MR) is 153 cm³/mol. The molecule has 0 saturated heterocycles. The van der Waals surface area contributed by atoms with Gasteiger partial charge in [-0.3, -0.25) is 13.8 Å². The van der Waals surface area contributed by atoms with Gasteiger partial charge in [0.15, 0.2) is 0 Å². The molecule has 0 aromatic heterocycles. The summed E-state index contributed by atoms with van der Waals surface area (Å²) in [6.07, 6.45) is 0. The summed E-state index contributed by atoms with van der Waals surface area (Å²) in [4.78, 5) is 13.1. The van der Waals surface area contributed by atoms with Crippen LogP contribution in [0.25, 0.3) is 11.1 Å². The molecule has 0 unspecified atom stereocenters. The SMILES string of the molecule is Cc1cccc(NS(=O)(=O)c2ccc(NC(=O)CN3c4ccc(Cl)cc4-c4ccccc4S3(=O)=O)cc2)c1C. The molecule has 2 N–H and O–H groups in total. The van der Waals surface area contributed by atoms with Crippen molar-refractivity contribution < 1.29 is 21.6 Å². The molecule has 1 aliphatic heterocycles. The first-order valence-corrected chi connectivity index (χ1v) is 15.2. The summed E-state index contributed by atoms with van der Waals surface area (Å²) in [6.45, 7) is 3.24. The maximum atomic E-state index is 13.4. The number of benzene rings is 4. The molecule has 0 atom stereocenters. The van der Waals surface area contributed by atoms with Gasteiger partial charge >= 0.3 is 0 Å². The van der Waals surface area contributed by atoms with Crippen LogP contribution in [-0.2, 0) is 24.8 Å². The van der Waals surface area contributed by atoms with Gasteiger partial charge in [0, 0.05) is 21.8 Å². The summed E-state index contributed by atoms with van der Waals surface area (Å²) in [6, 6.07) is 22.3. The van der Waals surface area contributed by atoms with Crippen molar-refractivity contribution in [2.45, 2.75) is 23.6 Å². The Morgan fingerprint density at radius 2 is 1.62 bits per heavy atom. The van der Waals surface area contributed by atoms with E-state index in [4.69, 9.17) is 11.6 Å². The molecule has 4 aromatic rings. The van der Waals surface area contributed by atoms with E-state index in [-0.39, 0.29) is 9.79 Å². The van der Waals surface area contributed by atoms with E-state index in [1.807, 2.05) is 19.9 Å². The largest absolute Gasteiger partial charge is 0.325 e. The third-order valence-corrected chi connectivity index (χ3v) is 9.99. The number of hydrogen-bond acceptors (Lipinski definition) is 5. The summed E-state index contributed by atoms with van der Waals surface area (Å²) in [5.41, 5.74) is 4.04. The lowest BCUT2D eigenvalue weighted by Crippen LogP contribution is -2.40. The molecule has 1 heterocycles. The topological polar surface area (TPSA) is 113 Å². The second kappa shape index (κ2) is 10.0. The Hall–Kier alpha value is -3.86. The van der Waals surface area contributed by atoms with Gasteiger partial charge in [0.1, 0.15) is 6.54 Å². The molecule has 1 aliphatic rings. The van der Waals surface area contributed by atoms with E-state index < -0.39 is 32.5 Å². The van der Waals surface area contributed by atoms with Gasteiger partial charge in [-0.25, -0.2) is 16.8 Å². The Kier molecular flexibility index (Phi) is 6.88. The number of halogens is 1. The number of carbonyl (C=O) groups is 1. The summed E-state index contributed by atoms with van der Waals surface area (Å²) in [5, 5.41) is 3.09. The number of nitrogens with zero attached hydrogens (tertiary/aromatic N) is 1. The maximum absolute atomic E-state index is 13.4. The number of amides is 1. The zero-order chi connectivity index (χ0) is 27.9. The molecule has 5 rings (SSSR count). The molecule has 8 nitrogen and oxygen atoms in total. The van der Waals surface area contributed by atoms with Gasteiger partial charge in [-0.2, -0.15) is 0 Å². The average molecular weight is 582 g/mol. The van der Waals surface area contributed by atoms with Crippen LogP contribution in [-0.4, -0.2) is 29.3 Å². The smallest absolute Gasteiger partial charge is 0.265 e. The van der Waals surface area contributed by atoms with E-state index in [0.717, 1.165) is 15.4 Å². The van der Waals surface area contributed by atoms with Crippen LogP contribution >= 0.6 is 11.6 Å². The molecule has 1 amide bonds. The molecule has 0 bridgehead atoms. The van der Waals surface area contributed by atoms with E-state index in [2.05, 4.69) is 10.0 Å². The molecular weight excluding hydrogens is 558 g/mol. The minimum absolute atomic E-state index is 0.0161. The van der Waals surface area contributed by atoms with Crippen LogP contribution < -0.4 is 14.3 Å². The standard InChI is InChI=1S/C28H24ClN3O5S2/c1-18-6-5-8-25(19(18)2)31-38(34,35)22-13-11-21(12-14-22)30-28(33)17-32-26-15-10-20(29)16-24(26)23-7-3-4-9-27(23)39(32,36)37/h3-16,31H,17H2,1-2H3,(H,30,33). The normalized spacial score (nSPS) is 13.8. The highest BCUT2D eigenvalue weighted by atomic mass is 35.5. The van der Waals surface area contributed by atoms with E-state index >= 15 is 0 Å². The molecule has 4 aromatic carbocycles. The number of carbonyl (C=O) groups excluding carboxylic acids is 1. The van der Waals surface area contributed by atoms with Gasteiger partial charge < -0.3 is 5.32 Å². The van der Waals surface area contributed by atoms with Crippen molar-refractivity contribution in [1.29, 1.82) is 0 Å². The molecule has 0 radical (unpaired) electrons. The van der Waals surface area contributed by atoms with Crippen molar-refractivity contribution in [3.63, 3.8) is 0 Å². The lowest BCUT2D eigenvalue weighted by Gasteiger charge is -2.31. The molecule has 0 aliphatic carbocycles. The van der Waals surface area contributed by atoms with Crippen LogP contribution in [0, 0.1) is 13.8 Å². The van der Waals surface area contributed by atoms with Crippen molar-refractivity contribution >= 4 is 54.6 Å². The van der Waals surface area contributed by atoms with Gasteiger partial charge in [-0.15, -0.1) is 0 Å². The highest BCUT2D eigenvalue weighted by molar-refractivity contribution is 7.93. The number of aryl methyl sites for hydroxylation is 1. The van der Waals surface area contributed by atoms with Gasteiger partial charge in [-0.1, -0.05) is 41.9 Å². The van der Waals surface area contributed by atoms with Crippen LogP contribution in [0.2, 0.25) is 5.02 Å². The molecule has 200 valence electrons. The third kappa shape index (κ3) is 5.10. The quantitative estimate of drug-likeness (QED) is 0.309. The van der Waals surface area contributed by atoms with E-state index in [1.165, 1.54) is 30.3 Å². The summed E-state index contributed by atoms with van der Waals surface area (Å²) >= 11 is 6.19. The Labute approximate surface area is 232 Å². The van der Waals surface area contributed by atoms with Crippen LogP contribution in [0.3, 0.4) is 0 Å². The fourth-order valence-electron chi connectivity index (χ4n) is 4.39. The zero-order valence-corrected chi connectivity index (χ0v) is 23.4. The molecule has 0 fully saturated rings. The van der Waals surface area contributed by atoms with Crippen LogP contribution in [0.4, 0.5) is 17.1 Å². The fourth-order valence-corrected chi connectivity index (χ4v) is 7.33. The Morgan fingerprint density at radius 3 is 2.36 bits per heavy atom. The monoisotopic (exact) mass is 581 g/mol. The minimum Gasteiger partial charge on any atom is -0.325 e. The molecule has 0 spiro atoms. The highest BCUT2D eigenvalue weighted by Gasteiger charge is 2.36. The number of hydrogen-bond donors (Lipinski definition) is 2. The lowest BCUT2D eigenvalue weighted by molar-refractivity contribution is -0.114. The number of anilines is 3. The molecule has 39 heavy (non-hydrogen) atoms. The molecule has 11 heteroatoms. The van der Waals surface area contributed by atoms with Crippen LogP contribution in [0.1, 0.15) is 11.1 Å². The minimum atomic E-state index is -4.02. The maximum Gasteiger partial charge on any atom is 0.265 e. The Balaban J connectivity index is 1.35. The fraction of sp³-hybridized carbons (Fsp3) is 0.107. The summed E-state index contributed by atoms with van der Waals surface area (Å²) in [7, 11) is -7.88. The second-order valence-electron chi connectivity index (χ2n) is 9.09. The number of nitrogens with one attached hydrogen (secondary N) is 2. The summed E-state index contributed by atoms with van der Waals surface area (Å²) in [5.74, 6) is -0.594. The molecular formula is C28H24ClN3O5S2. The Morgan fingerprint density at radius 1 is 0.897 bits per heavy atom. The van der Waals surface area contributed by atoms with Crippen molar-refractivity contribution in [1.82, 2.24) is 0 Å². The van der Waals surface area contributed by atoms with E-state index in [9.17, 15) is 21.6 Å². The van der Waals surface area contributed by atoms with Crippen molar-refractivity contribution in [3.05, 3.63) is 101 Å². The number of sulfonamides is 2. The van der Waals surface area contributed by atoms with Gasteiger partial charge in [0.05, 0.1) is 21.2 Å². The van der Waals surface area contributed by atoms with Gasteiger partial charge in [0.2, 0.25) is 5.91 Å². The van der Waals surface area contributed by atoms with E-state index in [1.54, 1.807) is 48.5 Å². The lowest BCUT2D eigenvalue weighted by atomic mass is 10.0. The van der Waals surface area contributed by atoms with Crippen molar-refractivity contribution in [2.24, 2.45) is 0 Å². The van der Waals surface area contributed by atoms with Gasteiger partial charge in [-0.05, 0) is 79.6 Å². The third-order valence-electron chi connectivity index (χ3n) is 6.56. The zero-order valence-electron chi connectivity index (χ0n) is 21.0. The predicted octanol–water partition coefficient (Wildman–Crippen LogP) is 5.57. The first kappa shape index (κ1) is 26.7. The first-order valence-electron chi connectivity index (χ1n) is 11.9. The Bertz CT molecular complexity index is 1820. The van der Waals surface area contributed by atoms with Crippen molar-refractivity contribution in [3.8, 4) is 11.1 Å².